The Morgan fingerprint density at radius 2 is 0.854 bits per heavy atom. The molecule has 7 aromatic rings. The van der Waals surface area contributed by atoms with Gasteiger partial charge in [-0.2, -0.15) is 0 Å². The predicted molar refractivity (Wildman–Crippen MR) is 175 cm³/mol. The summed E-state index contributed by atoms with van der Waals surface area (Å²) in [6.07, 6.45) is 0. The van der Waals surface area contributed by atoms with Gasteiger partial charge in [0.05, 0.1) is 5.69 Å². The van der Waals surface area contributed by atoms with Crippen LogP contribution in [0.5, 0.6) is 0 Å². The topological polar surface area (TPSA) is 3.24 Å². The highest BCUT2D eigenvalue weighted by Gasteiger charge is 2.19. The van der Waals surface area contributed by atoms with Crippen molar-refractivity contribution in [3.05, 3.63) is 176 Å². The van der Waals surface area contributed by atoms with Crippen molar-refractivity contribution in [2.45, 2.75) is 0 Å². The molecule has 7 rings (SSSR count). The SMILES string of the molecule is c1ccc(-c2ccc(N(c3ccccc3)c3cc(-c4cccc5ccccc45)ccc3-c3ccccc3)cc2)cc1. The lowest BCUT2D eigenvalue weighted by atomic mass is 9.94. The van der Waals surface area contributed by atoms with Gasteiger partial charge in [0.15, 0.2) is 0 Å². The van der Waals surface area contributed by atoms with Crippen LogP contribution in [0.3, 0.4) is 0 Å². The summed E-state index contributed by atoms with van der Waals surface area (Å²) in [7, 11) is 0. The van der Waals surface area contributed by atoms with Crippen molar-refractivity contribution < 1.29 is 0 Å². The molecule has 0 fully saturated rings. The minimum absolute atomic E-state index is 1.11. The first-order chi connectivity index (χ1) is 20.3. The van der Waals surface area contributed by atoms with Gasteiger partial charge < -0.3 is 4.90 Å². The van der Waals surface area contributed by atoms with Crippen molar-refractivity contribution in [3.63, 3.8) is 0 Å². The Labute approximate surface area is 241 Å². The van der Waals surface area contributed by atoms with Crippen molar-refractivity contribution in [1.82, 2.24) is 0 Å². The fraction of sp³-hybridized carbons (Fsp3) is 0. The van der Waals surface area contributed by atoms with Gasteiger partial charge in [0.1, 0.15) is 0 Å². The van der Waals surface area contributed by atoms with Gasteiger partial charge in [-0.05, 0) is 68.9 Å². The molecule has 0 spiro atoms. The maximum atomic E-state index is 2.38. The summed E-state index contributed by atoms with van der Waals surface area (Å²) in [6.45, 7) is 0. The van der Waals surface area contributed by atoms with E-state index in [-0.39, 0.29) is 0 Å². The standard InChI is InChI=1S/C40H29N/c1-4-13-30(14-5-1)31-23-26-36(27-24-31)41(35-19-8-3-9-20-35)40-29-34(25-28-39(40)33-15-6-2-7-16-33)38-22-12-18-32-17-10-11-21-37(32)38/h1-29H. The highest BCUT2D eigenvalue weighted by molar-refractivity contribution is 5.99. The predicted octanol–water partition coefficient (Wildman–Crippen LogP) is 11.3. The summed E-state index contributed by atoms with van der Waals surface area (Å²) in [5, 5.41) is 2.50. The highest BCUT2D eigenvalue weighted by Crippen LogP contribution is 2.43. The third kappa shape index (κ3) is 4.90. The quantitative estimate of drug-likeness (QED) is 0.209. The normalized spacial score (nSPS) is 10.9. The number of hydrogen-bond acceptors (Lipinski definition) is 1. The van der Waals surface area contributed by atoms with Crippen molar-refractivity contribution >= 4 is 27.8 Å². The average Bonchev–Trinajstić information content (AvgIpc) is 3.06. The Morgan fingerprint density at radius 1 is 0.317 bits per heavy atom. The molecule has 0 bridgehead atoms. The molecule has 0 radical (unpaired) electrons. The van der Waals surface area contributed by atoms with Crippen molar-refractivity contribution in [2.75, 3.05) is 4.90 Å². The molecule has 0 saturated heterocycles. The zero-order valence-electron chi connectivity index (χ0n) is 22.7. The minimum atomic E-state index is 1.11. The summed E-state index contributed by atoms with van der Waals surface area (Å²) in [6, 6.07) is 62.9. The molecule has 0 heterocycles. The first-order valence-electron chi connectivity index (χ1n) is 14.0. The Morgan fingerprint density at radius 3 is 1.59 bits per heavy atom. The Hall–Kier alpha value is -5.40. The second kappa shape index (κ2) is 11.0. The Kier molecular flexibility index (Phi) is 6.61. The van der Waals surface area contributed by atoms with E-state index in [1.165, 1.54) is 44.2 Å². The maximum absolute atomic E-state index is 2.38. The van der Waals surface area contributed by atoms with Gasteiger partial charge in [-0.1, -0.05) is 146 Å². The third-order valence-electron chi connectivity index (χ3n) is 7.67. The first kappa shape index (κ1) is 24.6. The van der Waals surface area contributed by atoms with E-state index in [2.05, 4.69) is 181 Å². The van der Waals surface area contributed by atoms with E-state index in [0.29, 0.717) is 0 Å². The van der Waals surface area contributed by atoms with Gasteiger partial charge >= 0.3 is 0 Å². The molecule has 0 amide bonds. The van der Waals surface area contributed by atoms with E-state index >= 15 is 0 Å². The molecule has 0 aliphatic carbocycles. The van der Waals surface area contributed by atoms with Crippen molar-refractivity contribution in [1.29, 1.82) is 0 Å². The number of rotatable bonds is 6. The fourth-order valence-electron chi connectivity index (χ4n) is 5.66. The molecular formula is C40H29N. The van der Waals surface area contributed by atoms with Crippen molar-refractivity contribution in [2.24, 2.45) is 0 Å². The van der Waals surface area contributed by atoms with E-state index in [9.17, 15) is 0 Å². The largest absolute Gasteiger partial charge is 0.310 e. The summed E-state index contributed by atoms with van der Waals surface area (Å²) in [4.78, 5) is 2.38. The Bertz CT molecular complexity index is 1900. The van der Waals surface area contributed by atoms with Crippen LogP contribution in [0.15, 0.2) is 176 Å². The van der Waals surface area contributed by atoms with E-state index in [0.717, 1.165) is 17.1 Å². The van der Waals surface area contributed by atoms with Crippen LogP contribution in [0.25, 0.3) is 44.2 Å². The van der Waals surface area contributed by atoms with Crippen LogP contribution in [0.4, 0.5) is 17.1 Å². The zero-order chi connectivity index (χ0) is 27.4. The number of para-hydroxylation sites is 1. The second-order valence-electron chi connectivity index (χ2n) is 10.2. The molecule has 7 aromatic carbocycles. The highest BCUT2D eigenvalue weighted by atomic mass is 15.1. The molecule has 1 heteroatoms. The fourth-order valence-corrected chi connectivity index (χ4v) is 5.66. The molecule has 0 aliphatic heterocycles. The van der Waals surface area contributed by atoms with Crippen LogP contribution in [0.2, 0.25) is 0 Å². The van der Waals surface area contributed by atoms with Gasteiger partial charge in [-0.3, -0.25) is 0 Å². The lowest BCUT2D eigenvalue weighted by Crippen LogP contribution is -2.11. The summed E-state index contributed by atoms with van der Waals surface area (Å²) >= 11 is 0. The molecule has 1 nitrogen and oxygen atoms in total. The number of hydrogen-bond donors (Lipinski definition) is 0. The molecule has 0 saturated carbocycles. The van der Waals surface area contributed by atoms with Crippen LogP contribution in [0, 0.1) is 0 Å². The lowest BCUT2D eigenvalue weighted by Gasteiger charge is -2.29. The molecule has 0 atom stereocenters. The summed E-state index contributed by atoms with van der Waals surface area (Å²) < 4.78 is 0. The smallest absolute Gasteiger partial charge is 0.0546 e. The minimum Gasteiger partial charge on any atom is -0.310 e. The third-order valence-corrected chi connectivity index (χ3v) is 7.67. The number of benzene rings is 7. The lowest BCUT2D eigenvalue weighted by molar-refractivity contribution is 1.28. The van der Waals surface area contributed by atoms with Gasteiger partial charge in [-0.15, -0.1) is 0 Å². The second-order valence-corrected chi connectivity index (χ2v) is 10.2. The van der Waals surface area contributed by atoms with E-state index < -0.39 is 0 Å². The molecule has 0 N–H and O–H groups in total. The van der Waals surface area contributed by atoms with Gasteiger partial charge in [0.2, 0.25) is 0 Å². The monoisotopic (exact) mass is 523 g/mol. The maximum Gasteiger partial charge on any atom is 0.0546 e. The van der Waals surface area contributed by atoms with Crippen LogP contribution >= 0.6 is 0 Å². The number of anilines is 3. The van der Waals surface area contributed by atoms with Crippen molar-refractivity contribution in [3.8, 4) is 33.4 Å². The first-order valence-corrected chi connectivity index (χ1v) is 14.0. The van der Waals surface area contributed by atoms with Gasteiger partial charge in [0, 0.05) is 16.9 Å². The molecule has 0 aliphatic rings. The van der Waals surface area contributed by atoms with Crippen LogP contribution in [0.1, 0.15) is 0 Å². The van der Waals surface area contributed by atoms with E-state index in [1.54, 1.807) is 0 Å². The molecule has 194 valence electrons. The molecule has 41 heavy (non-hydrogen) atoms. The molecule has 0 aromatic heterocycles. The summed E-state index contributed by atoms with van der Waals surface area (Å²) in [5.74, 6) is 0. The number of nitrogens with zero attached hydrogens (tertiary/aromatic N) is 1. The van der Waals surface area contributed by atoms with E-state index in [4.69, 9.17) is 0 Å². The van der Waals surface area contributed by atoms with Crippen LogP contribution in [-0.2, 0) is 0 Å². The Balaban J connectivity index is 1.45. The van der Waals surface area contributed by atoms with E-state index in [1.807, 2.05) is 0 Å². The number of fused-ring (bicyclic) bond motifs is 1. The average molecular weight is 524 g/mol. The zero-order valence-corrected chi connectivity index (χ0v) is 22.7. The van der Waals surface area contributed by atoms with Gasteiger partial charge in [-0.25, -0.2) is 0 Å². The van der Waals surface area contributed by atoms with Gasteiger partial charge in [0.25, 0.3) is 0 Å². The van der Waals surface area contributed by atoms with Crippen LogP contribution in [-0.4, -0.2) is 0 Å². The summed E-state index contributed by atoms with van der Waals surface area (Å²) in [5.41, 5.74) is 10.6. The van der Waals surface area contributed by atoms with Crippen LogP contribution < -0.4 is 4.90 Å². The molecule has 0 unspecified atom stereocenters. The molecular weight excluding hydrogens is 494 g/mol.